The Morgan fingerprint density at radius 1 is 1.19 bits per heavy atom. The molecule has 3 aromatic rings. The van der Waals surface area contributed by atoms with Crippen molar-refractivity contribution in [1.82, 2.24) is 9.88 Å². The third kappa shape index (κ3) is 2.97. The van der Waals surface area contributed by atoms with Crippen LogP contribution >= 0.6 is 11.3 Å². The molecular weight excluding hydrogens is 348 g/mol. The topological polar surface area (TPSA) is 70.5 Å². The molecule has 2 heterocycles. The van der Waals surface area contributed by atoms with Gasteiger partial charge in [-0.05, 0) is 55.7 Å². The minimum Gasteiger partial charge on any atom is -0.478 e. The molecule has 6 heteroatoms. The maximum Gasteiger partial charge on any atom is 0.335 e. The summed E-state index contributed by atoms with van der Waals surface area (Å²) < 4.78 is 1.12. The molecule has 26 heavy (non-hydrogen) atoms. The van der Waals surface area contributed by atoms with E-state index in [0.717, 1.165) is 33.6 Å². The monoisotopic (exact) mass is 366 g/mol. The Kier molecular flexibility index (Phi) is 4.20. The summed E-state index contributed by atoms with van der Waals surface area (Å²) in [4.78, 5) is 30.9. The van der Waals surface area contributed by atoms with Crippen molar-refractivity contribution in [2.75, 3.05) is 6.54 Å². The van der Waals surface area contributed by atoms with E-state index in [1.165, 1.54) is 6.07 Å². The number of carbonyl (C=O) groups is 2. The third-order valence-electron chi connectivity index (χ3n) is 4.68. The molecule has 0 bridgehead atoms. The van der Waals surface area contributed by atoms with Crippen molar-refractivity contribution in [3.63, 3.8) is 0 Å². The van der Waals surface area contributed by atoms with Gasteiger partial charge in [0, 0.05) is 12.1 Å². The highest BCUT2D eigenvalue weighted by Crippen LogP contribution is 2.37. The van der Waals surface area contributed by atoms with Crippen LogP contribution in [0.15, 0.2) is 42.5 Å². The van der Waals surface area contributed by atoms with Gasteiger partial charge in [-0.3, -0.25) is 4.79 Å². The summed E-state index contributed by atoms with van der Waals surface area (Å²) in [5, 5.41) is 10.2. The van der Waals surface area contributed by atoms with Crippen molar-refractivity contribution < 1.29 is 14.7 Å². The van der Waals surface area contributed by atoms with E-state index in [1.807, 2.05) is 29.2 Å². The average Bonchev–Trinajstić information content (AvgIpc) is 3.26. The van der Waals surface area contributed by atoms with Crippen LogP contribution in [0.2, 0.25) is 0 Å². The number of thiazole rings is 1. The Hall–Kier alpha value is -2.73. The molecular formula is C20H18N2O3S. The van der Waals surface area contributed by atoms with Crippen LogP contribution in [0.4, 0.5) is 0 Å². The maximum atomic E-state index is 13.1. The van der Waals surface area contributed by atoms with E-state index in [0.29, 0.717) is 12.1 Å². The van der Waals surface area contributed by atoms with Gasteiger partial charge >= 0.3 is 5.97 Å². The van der Waals surface area contributed by atoms with Gasteiger partial charge in [-0.15, -0.1) is 11.3 Å². The number of hydrogen-bond acceptors (Lipinski definition) is 4. The lowest BCUT2D eigenvalue weighted by Gasteiger charge is -2.23. The van der Waals surface area contributed by atoms with Crippen molar-refractivity contribution in [3.05, 3.63) is 64.2 Å². The van der Waals surface area contributed by atoms with Gasteiger partial charge in [0.25, 0.3) is 5.91 Å². The molecule has 2 aromatic carbocycles. The van der Waals surface area contributed by atoms with Crippen molar-refractivity contribution in [3.8, 4) is 0 Å². The quantitative estimate of drug-likeness (QED) is 0.751. The van der Waals surface area contributed by atoms with Gasteiger partial charge < -0.3 is 10.0 Å². The highest BCUT2D eigenvalue weighted by molar-refractivity contribution is 7.18. The lowest BCUT2D eigenvalue weighted by molar-refractivity contribution is 0.0696. The summed E-state index contributed by atoms with van der Waals surface area (Å²) in [7, 11) is 0. The van der Waals surface area contributed by atoms with Gasteiger partial charge in [-0.25, -0.2) is 9.78 Å². The van der Waals surface area contributed by atoms with Gasteiger partial charge in [-0.1, -0.05) is 12.1 Å². The fourth-order valence-electron chi connectivity index (χ4n) is 3.49. The number of carboxylic acids is 1. The van der Waals surface area contributed by atoms with E-state index in [4.69, 9.17) is 4.98 Å². The van der Waals surface area contributed by atoms with E-state index in [1.54, 1.807) is 30.4 Å². The molecule has 0 spiro atoms. The van der Waals surface area contributed by atoms with Crippen LogP contribution in [0.1, 0.15) is 50.2 Å². The fourth-order valence-corrected chi connectivity index (χ4v) is 4.61. The van der Waals surface area contributed by atoms with Gasteiger partial charge in [0.05, 0.1) is 21.8 Å². The molecule has 1 fully saturated rings. The van der Waals surface area contributed by atoms with Crippen LogP contribution in [-0.2, 0) is 0 Å². The Labute approximate surface area is 154 Å². The maximum absolute atomic E-state index is 13.1. The average molecular weight is 366 g/mol. The Morgan fingerprint density at radius 2 is 1.96 bits per heavy atom. The SMILES string of the molecule is Cc1cc(C(=O)O)cc(C(=O)N2CCCC2c2nc3ccccc3s2)c1. The number of benzene rings is 2. The van der Waals surface area contributed by atoms with Crippen molar-refractivity contribution in [2.24, 2.45) is 0 Å². The molecule has 1 amide bonds. The highest BCUT2D eigenvalue weighted by Gasteiger charge is 2.33. The Balaban J connectivity index is 1.68. The normalized spacial score (nSPS) is 17.0. The van der Waals surface area contributed by atoms with E-state index in [2.05, 4.69) is 0 Å². The number of rotatable bonds is 3. The molecule has 5 nitrogen and oxygen atoms in total. The molecule has 132 valence electrons. The van der Waals surface area contributed by atoms with Crippen LogP contribution in [0, 0.1) is 6.92 Å². The van der Waals surface area contributed by atoms with E-state index in [-0.39, 0.29) is 17.5 Å². The summed E-state index contributed by atoms with van der Waals surface area (Å²) in [5.74, 6) is -1.15. The smallest absolute Gasteiger partial charge is 0.335 e. The summed E-state index contributed by atoms with van der Waals surface area (Å²) in [6, 6.07) is 12.7. The molecule has 1 saturated heterocycles. The molecule has 1 N–H and O–H groups in total. The van der Waals surface area contributed by atoms with Crippen LogP contribution in [0.5, 0.6) is 0 Å². The van der Waals surface area contributed by atoms with Gasteiger partial charge in [0.2, 0.25) is 0 Å². The number of aromatic carboxylic acids is 1. The molecule has 1 unspecified atom stereocenters. The predicted molar refractivity (Wildman–Crippen MR) is 101 cm³/mol. The summed E-state index contributed by atoms with van der Waals surface area (Å²) in [6.45, 7) is 2.47. The number of carboxylic acid groups (broad SMARTS) is 1. The van der Waals surface area contributed by atoms with Crippen LogP contribution in [-0.4, -0.2) is 33.4 Å². The van der Waals surface area contributed by atoms with Gasteiger partial charge in [0.1, 0.15) is 5.01 Å². The van der Waals surface area contributed by atoms with Crippen LogP contribution in [0.25, 0.3) is 10.2 Å². The van der Waals surface area contributed by atoms with Gasteiger partial charge in [0.15, 0.2) is 0 Å². The van der Waals surface area contributed by atoms with Crippen molar-refractivity contribution in [1.29, 1.82) is 0 Å². The van der Waals surface area contributed by atoms with Crippen molar-refractivity contribution >= 4 is 33.4 Å². The molecule has 4 rings (SSSR count). The second-order valence-corrected chi connectivity index (χ2v) is 7.63. The number of aromatic nitrogens is 1. The van der Waals surface area contributed by atoms with Crippen LogP contribution < -0.4 is 0 Å². The fraction of sp³-hybridized carbons (Fsp3) is 0.250. The molecule has 1 atom stereocenters. The summed E-state index contributed by atoms with van der Waals surface area (Å²) in [5.41, 5.74) is 2.29. The molecule has 0 radical (unpaired) electrons. The van der Waals surface area contributed by atoms with Crippen molar-refractivity contribution in [2.45, 2.75) is 25.8 Å². The number of fused-ring (bicyclic) bond motifs is 1. The summed E-state index contributed by atoms with van der Waals surface area (Å²) in [6.07, 6.45) is 1.80. The molecule has 1 aromatic heterocycles. The van der Waals surface area contributed by atoms with E-state index in [9.17, 15) is 14.7 Å². The number of aryl methyl sites for hydroxylation is 1. The van der Waals surface area contributed by atoms with E-state index < -0.39 is 5.97 Å². The van der Waals surface area contributed by atoms with Crippen LogP contribution in [0.3, 0.4) is 0 Å². The van der Waals surface area contributed by atoms with Gasteiger partial charge in [-0.2, -0.15) is 0 Å². The predicted octanol–water partition coefficient (Wildman–Crippen LogP) is 4.28. The first-order chi connectivity index (χ1) is 12.5. The summed E-state index contributed by atoms with van der Waals surface area (Å²) >= 11 is 1.62. The molecule has 0 aliphatic carbocycles. The highest BCUT2D eigenvalue weighted by atomic mass is 32.1. The zero-order chi connectivity index (χ0) is 18.3. The zero-order valence-corrected chi connectivity index (χ0v) is 15.1. The zero-order valence-electron chi connectivity index (χ0n) is 14.3. The number of para-hydroxylation sites is 1. The standard InChI is InChI=1S/C20H18N2O3S/c1-12-9-13(11-14(10-12)20(24)25)19(23)22-8-4-6-16(22)18-21-15-5-2-3-7-17(15)26-18/h2-3,5,7,9-11,16H,4,6,8H2,1H3,(H,24,25). The number of amides is 1. The minimum absolute atomic E-state index is 0.0475. The first-order valence-corrected chi connectivity index (χ1v) is 9.36. The molecule has 1 aliphatic rings. The number of carbonyl (C=O) groups excluding carboxylic acids is 1. The molecule has 1 aliphatic heterocycles. The first-order valence-electron chi connectivity index (χ1n) is 8.54. The Morgan fingerprint density at radius 3 is 2.73 bits per heavy atom. The molecule has 0 saturated carbocycles. The Bertz CT molecular complexity index is 978. The minimum atomic E-state index is -1.02. The number of hydrogen-bond donors (Lipinski definition) is 1. The number of nitrogens with zero attached hydrogens (tertiary/aromatic N) is 2. The lowest BCUT2D eigenvalue weighted by atomic mass is 10.1. The number of likely N-dealkylation sites (tertiary alicyclic amines) is 1. The second kappa shape index (κ2) is 6.53. The third-order valence-corrected chi connectivity index (χ3v) is 5.82. The second-order valence-electron chi connectivity index (χ2n) is 6.57. The first kappa shape index (κ1) is 16.7. The van der Waals surface area contributed by atoms with E-state index >= 15 is 0 Å². The largest absolute Gasteiger partial charge is 0.478 e. The lowest BCUT2D eigenvalue weighted by Crippen LogP contribution is -2.30.